The molecule has 1 saturated heterocycles. The first kappa shape index (κ1) is 19.7. The van der Waals surface area contributed by atoms with Gasteiger partial charge in [-0.3, -0.25) is 0 Å². The van der Waals surface area contributed by atoms with Gasteiger partial charge in [0.2, 0.25) is 10.0 Å². The molecule has 1 atom stereocenters. The second kappa shape index (κ2) is 8.64. The molecule has 0 aromatic heterocycles. The van der Waals surface area contributed by atoms with Crippen molar-refractivity contribution < 1.29 is 23.1 Å². The van der Waals surface area contributed by atoms with E-state index in [9.17, 15) is 18.3 Å². The molecule has 3 N–H and O–H groups in total. The van der Waals surface area contributed by atoms with Crippen LogP contribution in [0.1, 0.15) is 43.5 Å². The second-order valence-electron chi connectivity index (χ2n) is 6.61. The Hall–Kier alpha value is -1.64. The number of carboxylic acids is 1. The summed E-state index contributed by atoms with van der Waals surface area (Å²) in [5.41, 5.74) is 0.328. The van der Waals surface area contributed by atoms with E-state index in [1.165, 1.54) is 18.2 Å². The summed E-state index contributed by atoms with van der Waals surface area (Å²) in [4.78, 5) is 11.5. The third-order valence-corrected chi connectivity index (χ3v) is 5.55. The van der Waals surface area contributed by atoms with Gasteiger partial charge in [-0.25, -0.2) is 17.9 Å². The van der Waals surface area contributed by atoms with Crippen LogP contribution >= 0.6 is 0 Å². The molecule has 2 rings (SSSR count). The Morgan fingerprint density at radius 1 is 1.40 bits per heavy atom. The first-order valence-electron chi connectivity index (χ1n) is 8.52. The number of aromatic carboxylic acids is 1. The number of anilines is 1. The van der Waals surface area contributed by atoms with Crippen molar-refractivity contribution in [1.29, 1.82) is 0 Å². The van der Waals surface area contributed by atoms with E-state index in [2.05, 4.69) is 10.0 Å². The second-order valence-corrected chi connectivity index (χ2v) is 8.38. The number of carboxylic acid groups (broad SMARTS) is 1. The van der Waals surface area contributed by atoms with Crippen LogP contribution in [0.2, 0.25) is 0 Å². The molecule has 1 aromatic carbocycles. The number of sulfonamides is 1. The summed E-state index contributed by atoms with van der Waals surface area (Å²) in [6.07, 6.45) is 2.70. The van der Waals surface area contributed by atoms with Crippen LogP contribution in [-0.4, -0.2) is 45.3 Å². The van der Waals surface area contributed by atoms with Crippen LogP contribution in [0.4, 0.5) is 5.69 Å². The van der Waals surface area contributed by atoms with Crippen LogP contribution in [0.25, 0.3) is 0 Å². The largest absolute Gasteiger partial charge is 0.478 e. The molecule has 8 heteroatoms. The van der Waals surface area contributed by atoms with Crippen LogP contribution in [0, 0.1) is 5.92 Å². The summed E-state index contributed by atoms with van der Waals surface area (Å²) in [6.45, 7) is 5.55. The van der Waals surface area contributed by atoms with Gasteiger partial charge in [-0.05, 0) is 43.4 Å². The smallest absolute Gasteiger partial charge is 0.337 e. The summed E-state index contributed by atoms with van der Waals surface area (Å²) in [6, 6.07) is 4.11. The molecular weight excluding hydrogens is 344 g/mol. The lowest BCUT2D eigenvalue weighted by molar-refractivity contribution is 0.0697. The lowest BCUT2D eigenvalue weighted by Crippen LogP contribution is -2.26. The van der Waals surface area contributed by atoms with Gasteiger partial charge >= 0.3 is 5.97 Å². The SMILES string of the molecule is CC(C)CCNS(=O)(=O)c1ccc(NCC2CCCO2)c(C(=O)O)c1. The molecular formula is C17H26N2O5S. The van der Waals surface area contributed by atoms with Gasteiger partial charge in [-0.15, -0.1) is 0 Å². The first-order chi connectivity index (χ1) is 11.8. The molecule has 0 radical (unpaired) electrons. The van der Waals surface area contributed by atoms with Gasteiger partial charge in [-0.2, -0.15) is 0 Å². The minimum absolute atomic E-state index is 0.0451. The molecule has 1 fully saturated rings. The quantitative estimate of drug-likeness (QED) is 0.616. The van der Waals surface area contributed by atoms with E-state index in [4.69, 9.17) is 4.74 Å². The van der Waals surface area contributed by atoms with Crippen LogP contribution in [0.3, 0.4) is 0 Å². The molecule has 1 heterocycles. The van der Waals surface area contributed by atoms with E-state index in [0.29, 0.717) is 31.1 Å². The Balaban J connectivity index is 2.12. The van der Waals surface area contributed by atoms with E-state index in [0.717, 1.165) is 19.4 Å². The molecule has 7 nitrogen and oxygen atoms in total. The first-order valence-corrected chi connectivity index (χ1v) is 10.0. The predicted molar refractivity (Wildman–Crippen MR) is 95.5 cm³/mol. The average molecular weight is 370 g/mol. The highest BCUT2D eigenvalue weighted by atomic mass is 32.2. The monoisotopic (exact) mass is 370 g/mol. The minimum Gasteiger partial charge on any atom is -0.478 e. The molecule has 0 saturated carbocycles. The molecule has 1 aromatic rings. The molecule has 0 aliphatic carbocycles. The van der Waals surface area contributed by atoms with Crippen molar-refractivity contribution >= 4 is 21.7 Å². The van der Waals surface area contributed by atoms with Crippen molar-refractivity contribution in [1.82, 2.24) is 4.72 Å². The summed E-state index contributed by atoms with van der Waals surface area (Å²) in [5.74, 6) is -0.796. The fraction of sp³-hybridized carbons (Fsp3) is 0.588. The van der Waals surface area contributed by atoms with E-state index in [-0.39, 0.29) is 16.6 Å². The van der Waals surface area contributed by atoms with Gasteiger partial charge < -0.3 is 15.2 Å². The van der Waals surface area contributed by atoms with Gasteiger partial charge in [0, 0.05) is 25.4 Å². The topological polar surface area (TPSA) is 105 Å². The zero-order valence-electron chi connectivity index (χ0n) is 14.6. The fourth-order valence-electron chi connectivity index (χ4n) is 2.62. The fourth-order valence-corrected chi connectivity index (χ4v) is 3.69. The van der Waals surface area contributed by atoms with Crippen molar-refractivity contribution in [3.05, 3.63) is 23.8 Å². The number of benzene rings is 1. The summed E-state index contributed by atoms with van der Waals surface area (Å²) in [7, 11) is -3.73. The number of hydrogen-bond acceptors (Lipinski definition) is 5. The summed E-state index contributed by atoms with van der Waals surface area (Å²) in [5, 5.41) is 12.5. The standard InChI is InChI=1S/C17H26N2O5S/c1-12(2)7-8-19-25(22,23)14-5-6-16(15(10-14)17(20)21)18-11-13-4-3-9-24-13/h5-6,10,12-13,18-19H,3-4,7-9,11H2,1-2H3,(H,20,21). The maximum absolute atomic E-state index is 12.3. The molecule has 25 heavy (non-hydrogen) atoms. The number of rotatable bonds is 9. The molecule has 0 spiro atoms. The van der Waals surface area contributed by atoms with Crippen LogP contribution < -0.4 is 10.0 Å². The van der Waals surface area contributed by atoms with Crippen molar-refractivity contribution in [2.45, 2.75) is 44.1 Å². The lowest BCUT2D eigenvalue weighted by Gasteiger charge is -2.15. The van der Waals surface area contributed by atoms with Crippen molar-refractivity contribution in [3.8, 4) is 0 Å². The number of carbonyl (C=O) groups is 1. The lowest BCUT2D eigenvalue weighted by atomic mass is 10.1. The van der Waals surface area contributed by atoms with Crippen molar-refractivity contribution in [3.63, 3.8) is 0 Å². The summed E-state index contributed by atoms with van der Waals surface area (Å²) >= 11 is 0. The third-order valence-electron chi connectivity index (χ3n) is 4.09. The highest BCUT2D eigenvalue weighted by Crippen LogP contribution is 2.22. The molecule has 0 amide bonds. The van der Waals surface area contributed by atoms with Crippen molar-refractivity contribution in [2.24, 2.45) is 5.92 Å². The molecule has 1 unspecified atom stereocenters. The van der Waals surface area contributed by atoms with E-state index in [1.807, 2.05) is 13.8 Å². The molecule has 1 aliphatic heterocycles. The molecule has 140 valence electrons. The van der Waals surface area contributed by atoms with Gasteiger partial charge in [0.05, 0.1) is 16.6 Å². The molecule has 0 bridgehead atoms. The highest BCUT2D eigenvalue weighted by Gasteiger charge is 2.20. The average Bonchev–Trinajstić information content (AvgIpc) is 3.05. The maximum Gasteiger partial charge on any atom is 0.337 e. The number of ether oxygens (including phenoxy) is 1. The predicted octanol–water partition coefficient (Wildman–Crippen LogP) is 2.30. The van der Waals surface area contributed by atoms with Crippen molar-refractivity contribution in [2.75, 3.05) is 25.0 Å². The Morgan fingerprint density at radius 2 is 2.16 bits per heavy atom. The molecule has 1 aliphatic rings. The maximum atomic E-state index is 12.3. The van der Waals surface area contributed by atoms with E-state index >= 15 is 0 Å². The van der Waals surface area contributed by atoms with Crippen LogP contribution in [0.15, 0.2) is 23.1 Å². The van der Waals surface area contributed by atoms with Gasteiger partial charge in [-0.1, -0.05) is 13.8 Å². The zero-order chi connectivity index (χ0) is 18.4. The normalized spacial score (nSPS) is 17.8. The van der Waals surface area contributed by atoms with Crippen LogP contribution in [-0.2, 0) is 14.8 Å². The van der Waals surface area contributed by atoms with E-state index < -0.39 is 16.0 Å². The van der Waals surface area contributed by atoms with Gasteiger partial charge in [0.25, 0.3) is 0 Å². The van der Waals surface area contributed by atoms with Gasteiger partial charge in [0.15, 0.2) is 0 Å². The van der Waals surface area contributed by atoms with E-state index in [1.54, 1.807) is 0 Å². The Kier molecular flexibility index (Phi) is 6.80. The van der Waals surface area contributed by atoms with Gasteiger partial charge in [0.1, 0.15) is 0 Å². The number of hydrogen-bond donors (Lipinski definition) is 3. The Morgan fingerprint density at radius 3 is 2.76 bits per heavy atom. The number of nitrogens with one attached hydrogen (secondary N) is 2. The Labute approximate surface area is 148 Å². The summed E-state index contributed by atoms with van der Waals surface area (Å²) < 4.78 is 32.7. The van der Waals surface area contributed by atoms with Crippen LogP contribution in [0.5, 0.6) is 0 Å². The zero-order valence-corrected chi connectivity index (χ0v) is 15.4. The highest BCUT2D eigenvalue weighted by molar-refractivity contribution is 7.89. The third kappa shape index (κ3) is 5.69. The Bertz CT molecular complexity index is 697. The minimum atomic E-state index is -3.73.